The van der Waals surface area contributed by atoms with E-state index in [4.69, 9.17) is 18.7 Å². The van der Waals surface area contributed by atoms with Crippen LogP contribution in [0.4, 0.5) is 0 Å². The van der Waals surface area contributed by atoms with Crippen LogP contribution in [0.2, 0.25) is 0 Å². The van der Waals surface area contributed by atoms with Crippen LogP contribution in [0.15, 0.2) is 0 Å². The van der Waals surface area contributed by atoms with E-state index in [0.29, 0.717) is 6.61 Å². The molecular formula is C13H29N2O4S+. The molecule has 1 rings (SSSR count). The molecule has 0 aromatic heterocycles. The van der Waals surface area contributed by atoms with Crippen molar-refractivity contribution >= 4 is 12.0 Å². The SMILES string of the molecule is COOC(COCCC[SH+]OC)CN1CCN(C)CC1. The van der Waals surface area contributed by atoms with Gasteiger partial charge < -0.3 is 9.64 Å². The van der Waals surface area contributed by atoms with Crippen molar-refractivity contribution in [2.45, 2.75) is 12.5 Å². The highest BCUT2D eigenvalue weighted by atomic mass is 32.2. The zero-order valence-electron chi connectivity index (χ0n) is 12.9. The van der Waals surface area contributed by atoms with Gasteiger partial charge in [0.15, 0.2) is 0 Å². The summed E-state index contributed by atoms with van der Waals surface area (Å²) < 4.78 is 10.6. The number of piperazine rings is 1. The second-order valence-electron chi connectivity index (χ2n) is 4.95. The lowest BCUT2D eigenvalue weighted by molar-refractivity contribution is -0.314. The molecule has 120 valence electrons. The highest BCUT2D eigenvalue weighted by Crippen LogP contribution is 2.04. The highest BCUT2D eigenvalue weighted by Gasteiger charge is 2.19. The van der Waals surface area contributed by atoms with Crippen LogP contribution in [-0.4, -0.2) is 88.9 Å². The topological polar surface area (TPSA) is 43.4 Å². The fraction of sp³-hybridized carbons (Fsp3) is 1.00. The largest absolute Gasteiger partial charge is 0.378 e. The van der Waals surface area contributed by atoms with Crippen molar-refractivity contribution in [3.05, 3.63) is 0 Å². The zero-order chi connectivity index (χ0) is 14.6. The predicted octanol–water partition coefficient (Wildman–Crippen LogP) is -0.0366. The van der Waals surface area contributed by atoms with Crippen LogP contribution in [0.25, 0.3) is 0 Å². The second kappa shape index (κ2) is 11.7. The average Bonchev–Trinajstić information content (AvgIpc) is 2.45. The van der Waals surface area contributed by atoms with Gasteiger partial charge in [0.1, 0.15) is 23.9 Å². The minimum absolute atomic E-state index is 0.0246. The lowest BCUT2D eigenvalue weighted by Gasteiger charge is -2.34. The normalized spacial score (nSPS) is 19.4. The first-order chi connectivity index (χ1) is 9.76. The molecular weight excluding hydrogens is 280 g/mol. The van der Waals surface area contributed by atoms with Gasteiger partial charge in [-0.3, -0.25) is 4.90 Å². The molecule has 0 amide bonds. The molecule has 0 aromatic carbocycles. The first-order valence-electron chi connectivity index (χ1n) is 7.14. The van der Waals surface area contributed by atoms with E-state index in [0.717, 1.165) is 63.5 Å². The summed E-state index contributed by atoms with van der Waals surface area (Å²) in [7, 11) is 5.41. The van der Waals surface area contributed by atoms with Gasteiger partial charge in [0, 0.05) is 39.1 Å². The molecule has 0 spiro atoms. The summed E-state index contributed by atoms with van der Waals surface area (Å²) in [5, 5.41) is 0. The molecule has 0 aromatic rings. The summed E-state index contributed by atoms with van der Waals surface area (Å²) in [6.07, 6.45) is 0.979. The van der Waals surface area contributed by atoms with Gasteiger partial charge in [0.2, 0.25) is 0 Å². The molecule has 0 radical (unpaired) electrons. The van der Waals surface area contributed by atoms with E-state index in [1.54, 1.807) is 14.2 Å². The van der Waals surface area contributed by atoms with E-state index in [2.05, 4.69) is 16.8 Å². The van der Waals surface area contributed by atoms with Crippen molar-refractivity contribution in [1.82, 2.24) is 9.80 Å². The Hall–Kier alpha value is 0.110. The molecule has 0 bridgehead atoms. The fourth-order valence-corrected chi connectivity index (χ4v) is 2.54. The van der Waals surface area contributed by atoms with Crippen LogP contribution in [0.3, 0.4) is 0 Å². The maximum atomic E-state index is 5.66. The van der Waals surface area contributed by atoms with Crippen molar-refractivity contribution in [2.75, 3.05) is 73.0 Å². The minimum atomic E-state index is -0.0246. The number of hydrogen-bond donors (Lipinski definition) is 0. The lowest BCUT2D eigenvalue weighted by Crippen LogP contribution is -2.48. The quantitative estimate of drug-likeness (QED) is 0.175. The molecule has 1 fully saturated rings. The summed E-state index contributed by atoms with van der Waals surface area (Å²) in [5.74, 6) is 1.00. The molecule has 1 saturated heterocycles. The standard InChI is InChI=1S/C13H28N2O4S/c1-14-5-7-15(8-6-14)11-13(19-16-2)12-18-9-4-10-20-17-3/h13H,4-12H2,1-3H3/p+1. The van der Waals surface area contributed by atoms with Gasteiger partial charge in [-0.2, -0.15) is 4.18 Å². The van der Waals surface area contributed by atoms with E-state index in [1.165, 1.54) is 0 Å². The van der Waals surface area contributed by atoms with Gasteiger partial charge in [-0.1, -0.05) is 0 Å². The van der Waals surface area contributed by atoms with Gasteiger partial charge in [-0.15, -0.1) is 0 Å². The maximum Gasteiger partial charge on any atom is 0.141 e. The predicted molar refractivity (Wildman–Crippen MR) is 81.9 cm³/mol. The first-order valence-corrected chi connectivity index (χ1v) is 8.14. The summed E-state index contributed by atoms with van der Waals surface area (Å²) in [5.41, 5.74) is 0. The Labute approximate surface area is 126 Å². The van der Waals surface area contributed by atoms with Gasteiger partial charge in [-0.05, 0) is 7.05 Å². The molecule has 6 nitrogen and oxygen atoms in total. The third kappa shape index (κ3) is 8.41. The van der Waals surface area contributed by atoms with E-state index in [9.17, 15) is 0 Å². The van der Waals surface area contributed by atoms with Gasteiger partial charge >= 0.3 is 0 Å². The number of ether oxygens (including phenoxy) is 1. The second-order valence-corrected chi connectivity index (χ2v) is 6.02. The van der Waals surface area contributed by atoms with Crippen LogP contribution in [0.1, 0.15) is 6.42 Å². The highest BCUT2D eigenvalue weighted by molar-refractivity contribution is 7.73. The molecule has 7 heteroatoms. The zero-order valence-corrected chi connectivity index (χ0v) is 13.8. The Bertz CT molecular complexity index is 228. The van der Waals surface area contributed by atoms with Crippen molar-refractivity contribution in [2.24, 2.45) is 0 Å². The third-order valence-electron chi connectivity index (χ3n) is 3.26. The molecule has 1 unspecified atom stereocenters. The van der Waals surface area contributed by atoms with E-state index < -0.39 is 0 Å². The number of rotatable bonds is 11. The minimum Gasteiger partial charge on any atom is -0.378 e. The smallest absolute Gasteiger partial charge is 0.141 e. The molecule has 0 saturated carbocycles. The Balaban J connectivity index is 2.12. The number of nitrogens with zero attached hydrogens (tertiary/aromatic N) is 2. The molecule has 1 atom stereocenters. The molecule has 1 aliphatic heterocycles. The van der Waals surface area contributed by atoms with Crippen LogP contribution < -0.4 is 0 Å². The third-order valence-corrected chi connectivity index (χ3v) is 4.02. The maximum absolute atomic E-state index is 5.66. The van der Waals surface area contributed by atoms with Crippen molar-refractivity contribution in [3.8, 4) is 0 Å². The van der Waals surface area contributed by atoms with Crippen molar-refractivity contribution < 1.29 is 18.7 Å². The number of thiol groups is 1. The number of likely N-dealkylation sites (N-methyl/N-ethyl adjacent to an activating group) is 1. The van der Waals surface area contributed by atoms with E-state index in [1.807, 2.05) is 0 Å². The van der Waals surface area contributed by atoms with Gasteiger partial charge in [0.25, 0.3) is 0 Å². The van der Waals surface area contributed by atoms with Crippen molar-refractivity contribution in [1.29, 1.82) is 0 Å². The Morgan fingerprint density at radius 1 is 1.15 bits per heavy atom. The van der Waals surface area contributed by atoms with E-state index in [-0.39, 0.29) is 6.10 Å². The van der Waals surface area contributed by atoms with Crippen LogP contribution in [0, 0.1) is 0 Å². The van der Waals surface area contributed by atoms with Crippen LogP contribution >= 0.6 is 0 Å². The Kier molecular flexibility index (Phi) is 10.7. The van der Waals surface area contributed by atoms with Gasteiger partial charge in [0.05, 0.1) is 27.4 Å². The summed E-state index contributed by atoms with van der Waals surface area (Å²) in [6.45, 7) is 6.54. The van der Waals surface area contributed by atoms with Crippen LogP contribution in [0.5, 0.6) is 0 Å². The molecule has 0 aliphatic carbocycles. The Morgan fingerprint density at radius 2 is 1.90 bits per heavy atom. The average molecular weight is 309 g/mol. The van der Waals surface area contributed by atoms with Crippen molar-refractivity contribution in [3.63, 3.8) is 0 Å². The number of hydrogen-bond acceptors (Lipinski definition) is 6. The fourth-order valence-electron chi connectivity index (χ4n) is 2.10. The lowest BCUT2D eigenvalue weighted by atomic mass is 10.3. The molecule has 1 aliphatic rings. The molecule has 0 N–H and O–H groups in total. The summed E-state index contributed by atoms with van der Waals surface area (Å²) in [4.78, 5) is 14.9. The molecule has 20 heavy (non-hydrogen) atoms. The van der Waals surface area contributed by atoms with E-state index >= 15 is 0 Å². The Morgan fingerprint density at radius 3 is 2.55 bits per heavy atom. The first kappa shape index (κ1) is 18.2. The molecule has 1 heterocycles. The summed E-state index contributed by atoms with van der Waals surface area (Å²) >= 11 is 1.02. The summed E-state index contributed by atoms with van der Waals surface area (Å²) in [6, 6.07) is 0. The monoisotopic (exact) mass is 309 g/mol. The van der Waals surface area contributed by atoms with Crippen LogP contribution in [-0.2, 0) is 30.7 Å². The van der Waals surface area contributed by atoms with Gasteiger partial charge in [-0.25, -0.2) is 9.78 Å².